The SMILES string of the molecule is CC(C)(COS(=O)(=O)C(F)(F)F)C(=O)OCc1ccccc1. The molecule has 0 saturated carbocycles. The summed E-state index contributed by atoms with van der Waals surface area (Å²) in [5.74, 6) is -0.867. The zero-order chi connectivity index (χ0) is 17.0. The molecule has 0 atom stereocenters. The van der Waals surface area contributed by atoms with Gasteiger partial charge >= 0.3 is 21.6 Å². The Hall–Kier alpha value is -1.61. The van der Waals surface area contributed by atoms with Gasteiger partial charge in [0.25, 0.3) is 0 Å². The molecule has 0 heterocycles. The van der Waals surface area contributed by atoms with E-state index in [9.17, 15) is 26.4 Å². The number of halogens is 3. The number of hydrogen-bond acceptors (Lipinski definition) is 5. The Morgan fingerprint density at radius 3 is 2.18 bits per heavy atom. The minimum atomic E-state index is -5.74. The molecule has 0 aromatic heterocycles. The van der Waals surface area contributed by atoms with Gasteiger partial charge in [0.05, 0.1) is 12.0 Å². The lowest BCUT2D eigenvalue weighted by Crippen LogP contribution is -2.35. The van der Waals surface area contributed by atoms with E-state index in [1.54, 1.807) is 30.3 Å². The van der Waals surface area contributed by atoms with E-state index in [2.05, 4.69) is 4.18 Å². The van der Waals surface area contributed by atoms with Crippen LogP contribution in [-0.2, 0) is 30.4 Å². The van der Waals surface area contributed by atoms with Gasteiger partial charge in [-0.3, -0.25) is 8.98 Å². The predicted octanol–water partition coefficient (Wildman–Crippen LogP) is 2.62. The highest BCUT2D eigenvalue weighted by atomic mass is 32.2. The minimum Gasteiger partial charge on any atom is -0.460 e. The van der Waals surface area contributed by atoms with Crippen LogP contribution in [0.1, 0.15) is 19.4 Å². The van der Waals surface area contributed by atoms with Crippen molar-refractivity contribution in [3.8, 4) is 0 Å². The molecule has 0 amide bonds. The van der Waals surface area contributed by atoms with Crippen molar-refractivity contribution < 1.29 is 35.3 Å². The zero-order valence-electron chi connectivity index (χ0n) is 11.9. The molecule has 0 N–H and O–H groups in total. The number of carbonyl (C=O) groups excluding carboxylic acids is 1. The number of hydrogen-bond donors (Lipinski definition) is 0. The van der Waals surface area contributed by atoms with Crippen LogP contribution in [0.15, 0.2) is 30.3 Å². The zero-order valence-corrected chi connectivity index (χ0v) is 12.7. The van der Waals surface area contributed by atoms with E-state index in [1.165, 1.54) is 13.8 Å². The van der Waals surface area contributed by atoms with Crippen molar-refractivity contribution in [3.05, 3.63) is 35.9 Å². The molecule has 0 aliphatic heterocycles. The van der Waals surface area contributed by atoms with E-state index in [0.717, 1.165) is 0 Å². The number of esters is 1. The lowest BCUT2D eigenvalue weighted by atomic mass is 9.95. The van der Waals surface area contributed by atoms with Crippen LogP contribution in [0.2, 0.25) is 0 Å². The van der Waals surface area contributed by atoms with Gasteiger partial charge in [0.1, 0.15) is 6.61 Å². The molecule has 124 valence electrons. The molecule has 0 fully saturated rings. The molecule has 0 saturated heterocycles. The lowest BCUT2D eigenvalue weighted by Gasteiger charge is -2.22. The van der Waals surface area contributed by atoms with Crippen LogP contribution >= 0.6 is 0 Å². The highest BCUT2D eigenvalue weighted by Gasteiger charge is 2.48. The largest absolute Gasteiger partial charge is 0.523 e. The summed E-state index contributed by atoms with van der Waals surface area (Å²) in [5, 5.41) is 0. The van der Waals surface area contributed by atoms with Crippen molar-refractivity contribution in [3.63, 3.8) is 0 Å². The van der Waals surface area contributed by atoms with Crippen LogP contribution < -0.4 is 0 Å². The quantitative estimate of drug-likeness (QED) is 0.452. The molecule has 0 aliphatic carbocycles. The van der Waals surface area contributed by atoms with Crippen LogP contribution in [0.25, 0.3) is 0 Å². The fourth-order valence-corrected chi connectivity index (χ4v) is 1.85. The standard InChI is InChI=1S/C13H15F3O5S/c1-12(2,9-21-22(18,19)13(14,15)16)11(17)20-8-10-6-4-3-5-7-10/h3-7H,8-9H2,1-2H3. The maximum absolute atomic E-state index is 12.1. The molecule has 1 aromatic rings. The van der Waals surface area contributed by atoms with Gasteiger partial charge in [-0.2, -0.15) is 21.6 Å². The topological polar surface area (TPSA) is 69.7 Å². The lowest BCUT2D eigenvalue weighted by molar-refractivity contribution is -0.157. The summed E-state index contributed by atoms with van der Waals surface area (Å²) in [6.45, 7) is 1.41. The Morgan fingerprint density at radius 1 is 1.14 bits per heavy atom. The van der Waals surface area contributed by atoms with Crippen LogP contribution in [-0.4, -0.2) is 26.5 Å². The number of ether oxygens (including phenoxy) is 1. The van der Waals surface area contributed by atoms with Gasteiger partial charge in [0.2, 0.25) is 0 Å². The summed E-state index contributed by atoms with van der Waals surface area (Å²) in [5.41, 5.74) is -6.39. The van der Waals surface area contributed by atoms with E-state index >= 15 is 0 Å². The average molecular weight is 340 g/mol. The molecule has 9 heteroatoms. The fraction of sp³-hybridized carbons (Fsp3) is 0.462. The van der Waals surface area contributed by atoms with E-state index in [0.29, 0.717) is 5.56 Å². The average Bonchev–Trinajstić information content (AvgIpc) is 2.42. The highest BCUT2D eigenvalue weighted by molar-refractivity contribution is 7.87. The molecule has 0 aliphatic rings. The Balaban J connectivity index is 2.60. The highest BCUT2D eigenvalue weighted by Crippen LogP contribution is 2.27. The Morgan fingerprint density at radius 2 is 1.68 bits per heavy atom. The summed E-state index contributed by atoms with van der Waals surface area (Å²) >= 11 is 0. The molecule has 1 aromatic carbocycles. The first-order chi connectivity index (χ1) is 9.96. The third-order valence-corrected chi connectivity index (χ3v) is 3.62. The number of alkyl halides is 3. The summed E-state index contributed by atoms with van der Waals surface area (Å²) in [4.78, 5) is 11.8. The maximum Gasteiger partial charge on any atom is 0.523 e. The van der Waals surface area contributed by atoms with Crippen molar-refractivity contribution in [1.29, 1.82) is 0 Å². The van der Waals surface area contributed by atoms with E-state index < -0.39 is 33.6 Å². The summed E-state index contributed by atoms with van der Waals surface area (Å²) < 4.78 is 66.9. The number of rotatable bonds is 6. The summed E-state index contributed by atoms with van der Waals surface area (Å²) in [6, 6.07) is 8.63. The number of carbonyl (C=O) groups is 1. The predicted molar refractivity (Wildman–Crippen MR) is 70.9 cm³/mol. The first-order valence-electron chi connectivity index (χ1n) is 6.12. The fourth-order valence-electron chi connectivity index (χ4n) is 1.27. The Kier molecular flexibility index (Phi) is 5.58. The third-order valence-electron chi connectivity index (χ3n) is 2.62. The van der Waals surface area contributed by atoms with Crippen molar-refractivity contribution in [1.82, 2.24) is 0 Å². The number of benzene rings is 1. The molecular formula is C13H15F3O5S. The Labute approximate surface area is 126 Å². The monoisotopic (exact) mass is 340 g/mol. The van der Waals surface area contributed by atoms with Gasteiger partial charge in [0, 0.05) is 0 Å². The second kappa shape index (κ2) is 6.66. The van der Waals surface area contributed by atoms with Gasteiger partial charge < -0.3 is 4.74 Å². The Bertz CT molecular complexity index is 608. The second-order valence-electron chi connectivity index (χ2n) is 5.11. The molecule has 0 unspecified atom stereocenters. The molecule has 0 radical (unpaired) electrons. The van der Waals surface area contributed by atoms with E-state index in [4.69, 9.17) is 4.74 Å². The maximum atomic E-state index is 12.1. The normalized spacial score (nSPS) is 13.0. The van der Waals surface area contributed by atoms with Crippen molar-refractivity contribution in [2.24, 2.45) is 5.41 Å². The molecule has 1 rings (SSSR count). The summed E-state index contributed by atoms with van der Waals surface area (Å²) in [7, 11) is -5.74. The third kappa shape index (κ3) is 4.99. The van der Waals surface area contributed by atoms with Crippen molar-refractivity contribution >= 4 is 16.1 Å². The minimum absolute atomic E-state index is 0.0743. The van der Waals surface area contributed by atoms with Gasteiger partial charge in [-0.25, -0.2) is 0 Å². The van der Waals surface area contributed by atoms with Crippen molar-refractivity contribution in [2.75, 3.05) is 6.61 Å². The molecule has 22 heavy (non-hydrogen) atoms. The molecular weight excluding hydrogens is 325 g/mol. The first kappa shape index (κ1) is 18.4. The van der Waals surface area contributed by atoms with Crippen LogP contribution in [0.3, 0.4) is 0 Å². The van der Waals surface area contributed by atoms with Gasteiger partial charge in [-0.15, -0.1) is 0 Å². The van der Waals surface area contributed by atoms with Crippen LogP contribution in [0, 0.1) is 5.41 Å². The molecule has 0 spiro atoms. The van der Waals surface area contributed by atoms with E-state index in [-0.39, 0.29) is 6.61 Å². The van der Waals surface area contributed by atoms with Crippen molar-refractivity contribution in [2.45, 2.75) is 26.0 Å². The van der Waals surface area contributed by atoms with Gasteiger partial charge in [0.15, 0.2) is 0 Å². The summed E-state index contributed by atoms with van der Waals surface area (Å²) in [6.07, 6.45) is 0. The van der Waals surface area contributed by atoms with Gasteiger partial charge in [-0.05, 0) is 19.4 Å². The second-order valence-corrected chi connectivity index (χ2v) is 6.71. The van der Waals surface area contributed by atoms with Crippen LogP contribution in [0.4, 0.5) is 13.2 Å². The first-order valence-corrected chi connectivity index (χ1v) is 7.53. The molecule has 5 nitrogen and oxygen atoms in total. The van der Waals surface area contributed by atoms with Gasteiger partial charge in [-0.1, -0.05) is 30.3 Å². The van der Waals surface area contributed by atoms with Crippen LogP contribution in [0.5, 0.6) is 0 Å². The smallest absolute Gasteiger partial charge is 0.460 e. The van der Waals surface area contributed by atoms with E-state index in [1.807, 2.05) is 0 Å². The molecule has 0 bridgehead atoms.